The van der Waals surface area contributed by atoms with Gasteiger partial charge in [0.15, 0.2) is 0 Å². The number of piperazine rings is 1. The quantitative estimate of drug-likeness (QED) is 0.470. The molecule has 33 heavy (non-hydrogen) atoms. The zero-order valence-electron chi connectivity index (χ0n) is 18.4. The summed E-state index contributed by atoms with van der Waals surface area (Å²) in [5.41, 5.74) is 2.43. The Hall–Kier alpha value is -3.19. The molecule has 2 heterocycles. The highest BCUT2D eigenvalue weighted by Crippen LogP contribution is 2.29. The second kappa shape index (κ2) is 10.2. The first-order chi connectivity index (χ1) is 16.0. The minimum atomic E-state index is -0.326. The number of fused-ring (bicyclic) bond motifs is 1. The lowest BCUT2D eigenvalue weighted by molar-refractivity contribution is 0.0558. The number of pyridine rings is 1. The zero-order valence-corrected chi connectivity index (χ0v) is 19.1. The highest BCUT2D eigenvalue weighted by molar-refractivity contribution is 6.35. The van der Waals surface area contributed by atoms with Crippen LogP contribution in [0.15, 0.2) is 48.5 Å². The summed E-state index contributed by atoms with van der Waals surface area (Å²) in [4.78, 5) is 33.2. The summed E-state index contributed by atoms with van der Waals surface area (Å²) in [6.07, 6.45) is 1.48. The summed E-state index contributed by atoms with van der Waals surface area (Å²) in [5.74, 6) is -0.450. The van der Waals surface area contributed by atoms with Crippen LogP contribution in [0.3, 0.4) is 0 Å². The van der Waals surface area contributed by atoms with Gasteiger partial charge >= 0.3 is 6.09 Å². The van der Waals surface area contributed by atoms with E-state index in [0.29, 0.717) is 54.6 Å². The number of amides is 2. The molecule has 0 radical (unpaired) electrons. The summed E-state index contributed by atoms with van der Waals surface area (Å²) in [6.45, 7) is 4.19. The lowest BCUT2D eigenvalue weighted by Crippen LogP contribution is -2.50. The number of carbonyl (C=O) groups excluding carboxylic acids is 2. The Bertz CT molecular complexity index is 1160. The predicted octanol–water partition coefficient (Wildman–Crippen LogP) is 5.39. The van der Waals surface area contributed by atoms with Crippen LogP contribution in [0.4, 0.5) is 9.18 Å². The predicted molar refractivity (Wildman–Crippen MR) is 126 cm³/mol. The third-order valence-corrected chi connectivity index (χ3v) is 6.01. The molecular weight excluding hydrogens is 445 g/mol. The minimum Gasteiger partial charge on any atom is -0.449 e. The number of ether oxygens (including phenoxy) is 1. The largest absolute Gasteiger partial charge is 0.449 e. The van der Waals surface area contributed by atoms with Crippen molar-refractivity contribution in [1.82, 2.24) is 14.8 Å². The molecule has 4 rings (SSSR count). The summed E-state index contributed by atoms with van der Waals surface area (Å²) in [7, 11) is 0. The molecule has 8 heteroatoms. The Kier molecular flexibility index (Phi) is 7.08. The van der Waals surface area contributed by atoms with Gasteiger partial charge < -0.3 is 14.5 Å². The fourth-order valence-electron chi connectivity index (χ4n) is 3.76. The molecule has 1 aliphatic heterocycles. The number of halogens is 2. The van der Waals surface area contributed by atoms with E-state index in [2.05, 4.69) is 4.98 Å². The third-order valence-electron chi connectivity index (χ3n) is 5.69. The van der Waals surface area contributed by atoms with Gasteiger partial charge in [0, 0.05) is 42.7 Å². The Balaban J connectivity index is 1.48. The minimum absolute atomic E-state index is 0.124. The van der Waals surface area contributed by atoms with Crippen molar-refractivity contribution in [3.63, 3.8) is 0 Å². The number of carbonyl (C=O) groups is 2. The molecule has 1 aliphatic rings. The molecule has 0 N–H and O–H groups in total. The number of nitrogens with zero attached hydrogens (tertiary/aromatic N) is 3. The molecule has 2 aromatic carbocycles. The van der Waals surface area contributed by atoms with Gasteiger partial charge in [0.25, 0.3) is 5.91 Å². The van der Waals surface area contributed by atoms with Crippen LogP contribution in [0.25, 0.3) is 22.2 Å². The van der Waals surface area contributed by atoms with Gasteiger partial charge in [-0.05, 0) is 48.9 Å². The molecule has 0 saturated carbocycles. The van der Waals surface area contributed by atoms with Crippen LogP contribution in [0.2, 0.25) is 5.02 Å². The smallest absolute Gasteiger partial charge is 0.409 e. The van der Waals surface area contributed by atoms with E-state index in [0.717, 1.165) is 23.8 Å². The van der Waals surface area contributed by atoms with Crippen LogP contribution in [0.1, 0.15) is 30.1 Å². The van der Waals surface area contributed by atoms with Gasteiger partial charge in [0.05, 0.1) is 22.8 Å². The Morgan fingerprint density at radius 2 is 1.73 bits per heavy atom. The van der Waals surface area contributed by atoms with Gasteiger partial charge in [0.2, 0.25) is 0 Å². The maximum absolute atomic E-state index is 13.3. The lowest BCUT2D eigenvalue weighted by Gasteiger charge is -2.34. The van der Waals surface area contributed by atoms with Crippen molar-refractivity contribution < 1.29 is 18.7 Å². The average Bonchev–Trinajstić information content (AvgIpc) is 2.84. The van der Waals surface area contributed by atoms with Crippen molar-refractivity contribution in [2.24, 2.45) is 0 Å². The van der Waals surface area contributed by atoms with Crippen molar-refractivity contribution in [2.45, 2.75) is 19.8 Å². The van der Waals surface area contributed by atoms with E-state index in [4.69, 9.17) is 16.3 Å². The number of benzene rings is 2. The van der Waals surface area contributed by atoms with Crippen molar-refractivity contribution in [3.8, 4) is 11.3 Å². The van der Waals surface area contributed by atoms with Crippen LogP contribution in [-0.4, -0.2) is 59.6 Å². The SMILES string of the molecule is CCCCOC(=O)N1CCN(C(=O)c2ccc3c(Cl)cc(-c4ccc(F)cc4)nc3c2)CC1. The molecule has 2 amide bonds. The van der Waals surface area contributed by atoms with Crippen LogP contribution < -0.4 is 0 Å². The number of aromatic nitrogens is 1. The van der Waals surface area contributed by atoms with Gasteiger partial charge in [-0.3, -0.25) is 4.79 Å². The molecule has 0 unspecified atom stereocenters. The van der Waals surface area contributed by atoms with Gasteiger partial charge in [-0.2, -0.15) is 0 Å². The van der Waals surface area contributed by atoms with Crippen molar-refractivity contribution >= 4 is 34.5 Å². The molecule has 0 aliphatic carbocycles. The maximum atomic E-state index is 13.3. The molecule has 1 aromatic heterocycles. The van der Waals surface area contributed by atoms with E-state index in [9.17, 15) is 14.0 Å². The normalized spacial score (nSPS) is 13.9. The second-order valence-corrected chi connectivity index (χ2v) is 8.38. The van der Waals surface area contributed by atoms with Crippen molar-refractivity contribution in [1.29, 1.82) is 0 Å². The van der Waals surface area contributed by atoms with Crippen molar-refractivity contribution in [3.05, 3.63) is 64.9 Å². The van der Waals surface area contributed by atoms with Gasteiger partial charge in [-0.1, -0.05) is 31.0 Å². The Morgan fingerprint density at radius 1 is 1.03 bits per heavy atom. The molecule has 1 fully saturated rings. The molecule has 172 valence electrons. The number of hydrogen-bond donors (Lipinski definition) is 0. The average molecular weight is 470 g/mol. The standard InChI is InChI=1S/C25H25ClFN3O3/c1-2-3-14-33-25(32)30-12-10-29(11-13-30)24(31)18-6-9-20-21(26)16-22(28-23(20)15-18)17-4-7-19(27)8-5-17/h4-9,15-16H,2-3,10-14H2,1H3. The molecule has 1 saturated heterocycles. The topological polar surface area (TPSA) is 62.7 Å². The molecule has 0 bridgehead atoms. The fourth-order valence-corrected chi connectivity index (χ4v) is 4.02. The third kappa shape index (κ3) is 5.25. The lowest BCUT2D eigenvalue weighted by atomic mass is 10.1. The molecule has 3 aromatic rings. The van der Waals surface area contributed by atoms with Crippen LogP contribution in [0, 0.1) is 5.82 Å². The van der Waals surface area contributed by atoms with E-state index in [1.807, 2.05) is 6.92 Å². The second-order valence-electron chi connectivity index (χ2n) is 7.98. The van der Waals surface area contributed by atoms with E-state index < -0.39 is 0 Å². The van der Waals surface area contributed by atoms with Crippen molar-refractivity contribution in [2.75, 3.05) is 32.8 Å². The molecular formula is C25H25ClFN3O3. The van der Waals surface area contributed by atoms with E-state index in [1.165, 1.54) is 12.1 Å². The van der Waals surface area contributed by atoms with E-state index >= 15 is 0 Å². The molecule has 6 nitrogen and oxygen atoms in total. The maximum Gasteiger partial charge on any atom is 0.409 e. The number of hydrogen-bond acceptors (Lipinski definition) is 4. The highest BCUT2D eigenvalue weighted by atomic mass is 35.5. The van der Waals surface area contributed by atoms with Crippen LogP contribution in [-0.2, 0) is 4.74 Å². The summed E-state index contributed by atoms with van der Waals surface area (Å²) in [5, 5.41) is 1.24. The van der Waals surface area contributed by atoms with Crippen LogP contribution >= 0.6 is 11.6 Å². The molecule has 0 spiro atoms. The number of unbranched alkanes of at least 4 members (excludes halogenated alkanes) is 1. The first-order valence-corrected chi connectivity index (χ1v) is 11.4. The van der Waals surface area contributed by atoms with E-state index in [-0.39, 0.29) is 17.8 Å². The van der Waals surface area contributed by atoms with E-state index in [1.54, 1.807) is 46.2 Å². The summed E-state index contributed by atoms with van der Waals surface area (Å²) < 4.78 is 18.5. The zero-order chi connectivity index (χ0) is 23.4. The fraction of sp³-hybridized carbons (Fsp3) is 0.320. The summed E-state index contributed by atoms with van der Waals surface area (Å²) >= 11 is 6.46. The van der Waals surface area contributed by atoms with Gasteiger partial charge in [-0.15, -0.1) is 0 Å². The monoisotopic (exact) mass is 469 g/mol. The molecule has 0 atom stereocenters. The first kappa shape index (κ1) is 23.0. The number of rotatable bonds is 5. The van der Waals surface area contributed by atoms with Gasteiger partial charge in [-0.25, -0.2) is 14.2 Å². The Labute approximate surface area is 196 Å². The first-order valence-electron chi connectivity index (χ1n) is 11.0. The van der Waals surface area contributed by atoms with Gasteiger partial charge in [0.1, 0.15) is 5.82 Å². The highest BCUT2D eigenvalue weighted by Gasteiger charge is 2.26. The Morgan fingerprint density at radius 3 is 2.42 bits per heavy atom. The summed E-state index contributed by atoms with van der Waals surface area (Å²) in [6, 6.07) is 13.0. The van der Waals surface area contributed by atoms with Crippen LogP contribution in [0.5, 0.6) is 0 Å².